The summed E-state index contributed by atoms with van der Waals surface area (Å²) in [5.41, 5.74) is 0.760. The summed E-state index contributed by atoms with van der Waals surface area (Å²) in [6, 6.07) is 7.60. The third-order valence-corrected chi connectivity index (χ3v) is 3.81. The molecule has 0 fully saturated rings. The van der Waals surface area contributed by atoms with Crippen molar-refractivity contribution in [3.05, 3.63) is 35.7 Å². The van der Waals surface area contributed by atoms with Crippen molar-refractivity contribution in [2.24, 2.45) is 7.05 Å². The molecule has 1 heterocycles. The molecule has 0 radical (unpaired) electrons. The normalized spacial score (nSPS) is 10.6. The van der Waals surface area contributed by atoms with Crippen LogP contribution in [0.1, 0.15) is 29.5 Å². The molecule has 0 amide bonds. The fourth-order valence-electron chi connectivity index (χ4n) is 1.49. The minimum Gasteiger partial charge on any atom is -0.309 e. The van der Waals surface area contributed by atoms with Gasteiger partial charge in [0.25, 0.3) is 0 Å². The van der Waals surface area contributed by atoms with Gasteiger partial charge in [0.1, 0.15) is 5.82 Å². The van der Waals surface area contributed by atoms with Crippen molar-refractivity contribution in [2.75, 3.05) is 0 Å². The number of ketones is 1. The number of nitrogens with zero attached hydrogens (tertiary/aromatic N) is 3. The molecule has 0 aliphatic carbocycles. The van der Waals surface area contributed by atoms with Crippen LogP contribution in [0.5, 0.6) is 0 Å². The number of hydrogen-bond donors (Lipinski definition) is 0. The molecule has 1 aromatic heterocycles. The number of aryl methyl sites for hydroxylation is 1. The minimum atomic E-state index is 0.168. The molecular formula is C13H15N3OS. The molecule has 0 aliphatic heterocycles. The van der Waals surface area contributed by atoms with Crippen LogP contribution in [0.25, 0.3) is 0 Å². The Morgan fingerprint density at radius 2 is 1.94 bits per heavy atom. The number of hydrogen-bond acceptors (Lipinski definition) is 4. The molecule has 0 atom stereocenters. The lowest BCUT2D eigenvalue weighted by Gasteiger charge is -2.03. The second-order valence-electron chi connectivity index (χ2n) is 3.99. The van der Waals surface area contributed by atoms with Crippen molar-refractivity contribution in [2.45, 2.75) is 30.3 Å². The van der Waals surface area contributed by atoms with Gasteiger partial charge < -0.3 is 4.57 Å². The molecule has 0 bridgehead atoms. The number of aromatic nitrogens is 3. The Balaban J connectivity index is 2.16. The average molecular weight is 261 g/mol. The molecule has 5 heteroatoms. The van der Waals surface area contributed by atoms with Crippen molar-refractivity contribution in [1.29, 1.82) is 0 Å². The predicted molar refractivity (Wildman–Crippen MR) is 70.9 cm³/mol. The van der Waals surface area contributed by atoms with E-state index in [1.807, 2.05) is 49.7 Å². The fraction of sp³-hybridized carbons (Fsp3) is 0.308. The van der Waals surface area contributed by atoms with Crippen molar-refractivity contribution in [1.82, 2.24) is 14.8 Å². The lowest BCUT2D eigenvalue weighted by atomic mass is 10.1. The molecule has 0 saturated carbocycles. The SMILES string of the molecule is CCC(=O)c1ccc(Sc2nnc(C)n2C)cc1. The van der Waals surface area contributed by atoms with E-state index in [1.165, 1.54) is 0 Å². The highest BCUT2D eigenvalue weighted by Gasteiger charge is 2.08. The average Bonchev–Trinajstić information content (AvgIpc) is 2.71. The Morgan fingerprint density at radius 1 is 1.28 bits per heavy atom. The second-order valence-corrected chi connectivity index (χ2v) is 5.03. The maximum atomic E-state index is 11.5. The van der Waals surface area contributed by atoms with E-state index < -0.39 is 0 Å². The number of Topliss-reactive ketones (excluding diaryl/α,β-unsaturated/α-hetero) is 1. The smallest absolute Gasteiger partial charge is 0.195 e. The molecule has 0 N–H and O–H groups in total. The van der Waals surface area contributed by atoms with Gasteiger partial charge in [0.2, 0.25) is 0 Å². The third kappa shape index (κ3) is 2.61. The summed E-state index contributed by atoms with van der Waals surface area (Å²) < 4.78 is 1.94. The quantitative estimate of drug-likeness (QED) is 0.794. The number of rotatable bonds is 4. The standard InChI is InChI=1S/C13H15N3OS/c1-4-12(17)10-5-7-11(8-6-10)18-13-15-14-9(2)16(13)3/h5-8H,4H2,1-3H3. The third-order valence-electron chi connectivity index (χ3n) is 2.76. The first-order valence-corrected chi connectivity index (χ1v) is 6.60. The fourth-order valence-corrected chi connectivity index (χ4v) is 2.33. The zero-order valence-corrected chi connectivity index (χ0v) is 11.5. The van der Waals surface area contributed by atoms with E-state index in [1.54, 1.807) is 11.8 Å². The highest BCUT2D eigenvalue weighted by atomic mass is 32.2. The largest absolute Gasteiger partial charge is 0.309 e. The van der Waals surface area contributed by atoms with Gasteiger partial charge in [-0.05, 0) is 30.8 Å². The summed E-state index contributed by atoms with van der Waals surface area (Å²) in [7, 11) is 1.94. The Bertz CT molecular complexity index is 560. The van der Waals surface area contributed by atoms with Gasteiger partial charge in [0.05, 0.1) is 0 Å². The molecule has 94 valence electrons. The zero-order chi connectivity index (χ0) is 13.1. The van der Waals surface area contributed by atoms with E-state index in [0.717, 1.165) is 21.4 Å². The van der Waals surface area contributed by atoms with Gasteiger partial charge >= 0.3 is 0 Å². The van der Waals surface area contributed by atoms with Gasteiger partial charge in [-0.2, -0.15) is 0 Å². The first kappa shape index (κ1) is 12.8. The van der Waals surface area contributed by atoms with Gasteiger partial charge in [-0.15, -0.1) is 10.2 Å². The van der Waals surface area contributed by atoms with Gasteiger partial charge in [0, 0.05) is 23.9 Å². The van der Waals surface area contributed by atoms with E-state index in [2.05, 4.69) is 10.2 Å². The monoisotopic (exact) mass is 261 g/mol. The van der Waals surface area contributed by atoms with E-state index in [4.69, 9.17) is 0 Å². The van der Waals surface area contributed by atoms with Crippen LogP contribution in [0.2, 0.25) is 0 Å². The molecule has 0 saturated heterocycles. The van der Waals surface area contributed by atoms with Crippen molar-refractivity contribution in [3.8, 4) is 0 Å². The summed E-state index contributed by atoms with van der Waals surface area (Å²) in [5.74, 6) is 1.05. The summed E-state index contributed by atoms with van der Waals surface area (Å²) in [6.45, 7) is 3.79. The maximum absolute atomic E-state index is 11.5. The summed E-state index contributed by atoms with van der Waals surface area (Å²) >= 11 is 1.54. The molecule has 1 aromatic carbocycles. The lowest BCUT2D eigenvalue weighted by Crippen LogP contribution is -1.96. The molecular weight excluding hydrogens is 246 g/mol. The summed E-state index contributed by atoms with van der Waals surface area (Å²) in [4.78, 5) is 12.6. The number of benzene rings is 1. The van der Waals surface area contributed by atoms with E-state index in [9.17, 15) is 4.79 Å². The van der Waals surface area contributed by atoms with E-state index in [0.29, 0.717) is 6.42 Å². The minimum absolute atomic E-state index is 0.168. The summed E-state index contributed by atoms with van der Waals surface area (Å²) in [5, 5.41) is 8.95. The first-order valence-electron chi connectivity index (χ1n) is 5.79. The van der Waals surface area contributed by atoms with Gasteiger partial charge in [-0.25, -0.2) is 0 Å². The maximum Gasteiger partial charge on any atom is 0.195 e. The Morgan fingerprint density at radius 3 is 2.44 bits per heavy atom. The number of carbonyl (C=O) groups excluding carboxylic acids is 1. The van der Waals surface area contributed by atoms with Crippen LogP contribution in [-0.4, -0.2) is 20.5 Å². The molecule has 4 nitrogen and oxygen atoms in total. The van der Waals surface area contributed by atoms with Crippen LogP contribution in [0, 0.1) is 6.92 Å². The summed E-state index contributed by atoms with van der Waals surface area (Å²) in [6.07, 6.45) is 0.537. The highest BCUT2D eigenvalue weighted by molar-refractivity contribution is 7.99. The van der Waals surface area contributed by atoms with Gasteiger partial charge in [-0.1, -0.05) is 19.1 Å². The zero-order valence-electron chi connectivity index (χ0n) is 10.7. The lowest BCUT2D eigenvalue weighted by molar-refractivity contribution is 0.0988. The molecule has 18 heavy (non-hydrogen) atoms. The van der Waals surface area contributed by atoms with Crippen LogP contribution in [0.3, 0.4) is 0 Å². The molecule has 0 spiro atoms. The molecule has 2 rings (SSSR count). The first-order chi connectivity index (χ1) is 8.61. The number of carbonyl (C=O) groups is 1. The molecule has 2 aromatic rings. The van der Waals surface area contributed by atoms with E-state index >= 15 is 0 Å². The van der Waals surface area contributed by atoms with Crippen LogP contribution < -0.4 is 0 Å². The molecule has 0 aliphatic rings. The second kappa shape index (κ2) is 5.35. The van der Waals surface area contributed by atoms with Crippen molar-refractivity contribution >= 4 is 17.5 Å². The van der Waals surface area contributed by atoms with Crippen LogP contribution >= 0.6 is 11.8 Å². The van der Waals surface area contributed by atoms with Crippen LogP contribution in [0.15, 0.2) is 34.3 Å². The van der Waals surface area contributed by atoms with Crippen LogP contribution in [-0.2, 0) is 7.05 Å². The highest BCUT2D eigenvalue weighted by Crippen LogP contribution is 2.26. The Hall–Kier alpha value is -1.62. The topological polar surface area (TPSA) is 47.8 Å². The van der Waals surface area contributed by atoms with Gasteiger partial charge in [0.15, 0.2) is 10.9 Å². The van der Waals surface area contributed by atoms with Crippen molar-refractivity contribution in [3.63, 3.8) is 0 Å². The Kier molecular flexibility index (Phi) is 3.81. The van der Waals surface area contributed by atoms with E-state index in [-0.39, 0.29) is 5.78 Å². The Labute approximate surface area is 110 Å². The van der Waals surface area contributed by atoms with Gasteiger partial charge in [-0.3, -0.25) is 4.79 Å². The predicted octanol–water partition coefficient (Wildman–Crippen LogP) is 2.87. The van der Waals surface area contributed by atoms with Crippen molar-refractivity contribution < 1.29 is 4.79 Å². The molecule has 0 unspecified atom stereocenters. The van der Waals surface area contributed by atoms with Crippen LogP contribution in [0.4, 0.5) is 0 Å².